The summed E-state index contributed by atoms with van der Waals surface area (Å²) in [6, 6.07) is 1.82. The van der Waals surface area contributed by atoms with Gasteiger partial charge in [-0.2, -0.15) is 0 Å². The van der Waals surface area contributed by atoms with Gasteiger partial charge >= 0.3 is 0 Å². The second kappa shape index (κ2) is 6.42. The van der Waals surface area contributed by atoms with E-state index in [4.69, 9.17) is 0 Å². The lowest BCUT2D eigenvalue weighted by molar-refractivity contribution is -0.163. The van der Waals surface area contributed by atoms with Crippen LogP contribution < -0.4 is 10.2 Å². The van der Waals surface area contributed by atoms with Crippen molar-refractivity contribution in [3.8, 4) is 0 Å². The number of piperazine rings is 1. The summed E-state index contributed by atoms with van der Waals surface area (Å²) in [4.78, 5) is 38.4. The minimum absolute atomic E-state index is 0.0426. The predicted molar refractivity (Wildman–Crippen MR) is 104 cm³/mol. The number of hydrogen-bond donors (Lipinski definition) is 1. The summed E-state index contributed by atoms with van der Waals surface area (Å²) in [5.74, 6) is 2.27. The van der Waals surface area contributed by atoms with Gasteiger partial charge < -0.3 is 15.1 Å². The van der Waals surface area contributed by atoms with Crippen LogP contribution >= 0.6 is 0 Å². The van der Waals surface area contributed by atoms with Crippen molar-refractivity contribution in [2.24, 2.45) is 17.3 Å². The maximum Gasteiger partial charge on any atom is 0.229 e. The molecule has 5 aliphatic rings. The Balaban J connectivity index is 1.31. The largest absolute Gasteiger partial charge is 0.351 e. The summed E-state index contributed by atoms with van der Waals surface area (Å²) in [6.07, 6.45) is 9.70. The first-order chi connectivity index (χ1) is 13.5. The zero-order chi connectivity index (χ0) is 19.4. The second-order valence-corrected chi connectivity index (χ2v) is 9.53. The molecule has 1 aromatic heterocycles. The third-order valence-corrected chi connectivity index (χ3v) is 7.36. The van der Waals surface area contributed by atoms with E-state index in [2.05, 4.69) is 25.1 Å². The molecule has 1 N–H and O–H groups in total. The molecule has 6 rings (SSSR count). The van der Waals surface area contributed by atoms with E-state index in [9.17, 15) is 9.59 Å². The Morgan fingerprint density at radius 2 is 1.68 bits per heavy atom. The van der Waals surface area contributed by atoms with Gasteiger partial charge in [-0.3, -0.25) is 9.59 Å². The highest BCUT2D eigenvalue weighted by Crippen LogP contribution is 2.62. The van der Waals surface area contributed by atoms with Gasteiger partial charge in [0.2, 0.25) is 17.8 Å². The molecule has 0 aromatic carbocycles. The lowest BCUT2D eigenvalue weighted by Gasteiger charge is -2.62. The van der Waals surface area contributed by atoms with Crippen molar-refractivity contribution in [3.05, 3.63) is 18.5 Å². The Labute approximate surface area is 165 Å². The van der Waals surface area contributed by atoms with E-state index in [1.807, 2.05) is 6.07 Å². The van der Waals surface area contributed by atoms with Crippen molar-refractivity contribution < 1.29 is 9.59 Å². The van der Waals surface area contributed by atoms with Crippen molar-refractivity contribution >= 4 is 17.8 Å². The molecule has 4 aliphatic carbocycles. The normalized spacial score (nSPS) is 36.5. The SMILES string of the molecule is CC(=O)NC12C[C@H]3C[C@@H](C1)CC(C(=O)N1CCN(c4ncccn4)CC1)(C3)C2. The first-order valence-electron chi connectivity index (χ1n) is 10.6. The monoisotopic (exact) mass is 383 g/mol. The molecule has 0 spiro atoms. The molecule has 5 fully saturated rings. The van der Waals surface area contributed by atoms with E-state index in [1.165, 1.54) is 6.42 Å². The van der Waals surface area contributed by atoms with Crippen LogP contribution in [0.2, 0.25) is 0 Å². The maximum atomic E-state index is 13.7. The fourth-order valence-electron chi connectivity index (χ4n) is 6.93. The standard InChI is InChI=1S/C21H29N5O2/c1-15(27)24-21-12-16-9-17(13-21)11-20(10-16,14-21)18(28)25-5-7-26(8-6-25)19-22-3-2-4-23-19/h2-4,16-17H,5-14H2,1H3,(H,24,27)/t16-,17+,20?,21?. The Hall–Kier alpha value is -2.18. The highest BCUT2D eigenvalue weighted by molar-refractivity contribution is 5.84. The Morgan fingerprint density at radius 3 is 2.29 bits per heavy atom. The number of anilines is 1. The van der Waals surface area contributed by atoms with Crippen LogP contribution in [0.15, 0.2) is 18.5 Å². The number of carbonyl (C=O) groups is 2. The molecule has 2 unspecified atom stereocenters. The molecule has 4 atom stereocenters. The number of amides is 2. The van der Waals surface area contributed by atoms with Crippen LogP contribution in [0.3, 0.4) is 0 Å². The third-order valence-electron chi connectivity index (χ3n) is 7.36. The molecule has 2 amide bonds. The summed E-state index contributed by atoms with van der Waals surface area (Å²) in [5, 5.41) is 3.26. The van der Waals surface area contributed by atoms with E-state index in [0.29, 0.717) is 17.7 Å². The summed E-state index contributed by atoms with van der Waals surface area (Å²) >= 11 is 0. The molecule has 1 saturated heterocycles. The van der Waals surface area contributed by atoms with Gasteiger partial charge in [-0.05, 0) is 56.4 Å². The summed E-state index contributed by atoms with van der Waals surface area (Å²) in [7, 11) is 0. The molecule has 150 valence electrons. The zero-order valence-corrected chi connectivity index (χ0v) is 16.6. The number of aromatic nitrogens is 2. The lowest BCUT2D eigenvalue weighted by atomic mass is 9.46. The van der Waals surface area contributed by atoms with Crippen LogP contribution in [-0.2, 0) is 9.59 Å². The van der Waals surface area contributed by atoms with E-state index in [0.717, 1.165) is 64.2 Å². The van der Waals surface area contributed by atoms with E-state index < -0.39 is 0 Å². The average molecular weight is 383 g/mol. The fraction of sp³-hybridized carbons (Fsp3) is 0.714. The van der Waals surface area contributed by atoms with Crippen LogP contribution in [0.4, 0.5) is 5.95 Å². The Kier molecular flexibility index (Phi) is 4.10. The zero-order valence-electron chi connectivity index (χ0n) is 16.6. The summed E-state index contributed by atoms with van der Waals surface area (Å²) in [6.45, 7) is 4.60. The maximum absolute atomic E-state index is 13.7. The van der Waals surface area contributed by atoms with Gasteiger partial charge in [0, 0.05) is 51.0 Å². The van der Waals surface area contributed by atoms with Crippen molar-refractivity contribution in [1.82, 2.24) is 20.2 Å². The highest BCUT2D eigenvalue weighted by Gasteiger charge is 2.61. The van der Waals surface area contributed by atoms with Crippen LogP contribution in [0.1, 0.15) is 45.4 Å². The summed E-state index contributed by atoms with van der Waals surface area (Å²) < 4.78 is 0. The van der Waals surface area contributed by atoms with Crippen LogP contribution in [0, 0.1) is 17.3 Å². The second-order valence-electron chi connectivity index (χ2n) is 9.53. The van der Waals surface area contributed by atoms with Crippen LogP contribution in [0.5, 0.6) is 0 Å². The van der Waals surface area contributed by atoms with Gasteiger partial charge in [0.05, 0.1) is 5.41 Å². The third kappa shape index (κ3) is 2.95. The number of carbonyl (C=O) groups excluding carboxylic acids is 2. The lowest BCUT2D eigenvalue weighted by Crippen LogP contribution is -2.66. The van der Waals surface area contributed by atoms with Crippen LogP contribution in [-0.4, -0.2) is 58.4 Å². The molecule has 7 heteroatoms. The molecule has 1 aromatic rings. The van der Waals surface area contributed by atoms with Gasteiger partial charge in [-0.1, -0.05) is 0 Å². The van der Waals surface area contributed by atoms with Gasteiger partial charge in [0.15, 0.2) is 0 Å². The smallest absolute Gasteiger partial charge is 0.229 e. The Morgan fingerprint density at radius 1 is 1.04 bits per heavy atom. The molecule has 2 heterocycles. The Bertz CT molecular complexity index is 760. The first kappa shape index (κ1) is 17.9. The van der Waals surface area contributed by atoms with Gasteiger partial charge in [-0.15, -0.1) is 0 Å². The molecule has 1 aliphatic heterocycles. The fourth-order valence-corrected chi connectivity index (χ4v) is 6.93. The molecule has 7 nitrogen and oxygen atoms in total. The van der Waals surface area contributed by atoms with E-state index in [-0.39, 0.29) is 16.9 Å². The molecular weight excluding hydrogens is 354 g/mol. The van der Waals surface area contributed by atoms with Crippen LogP contribution in [0.25, 0.3) is 0 Å². The molecule has 28 heavy (non-hydrogen) atoms. The molecule has 0 radical (unpaired) electrons. The van der Waals surface area contributed by atoms with Crippen molar-refractivity contribution in [2.75, 3.05) is 31.1 Å². The van der Waals surface area contributed by atoms with Crippen molar-refractivity contribution in [1.29, 1.82) is 0 Å². The number of hydrogen-bond acceptors (Lipinski definition) is 5. The molecule has 4 saturated carbocycles. The molecule has 4 bridgehead atoms. The van der Waals surface area contributed by atoms with E-state index >= 15 is 0 Å². The number of nitrogens with zero attached hydrogens (tertiary/aromatic N) is 4. The highest BCUT2D eigenvalue weighted by atomic mass is 16.2. The average Bonchev–Trinajstić information content (AvgIpc) is 2.66. The summed E-state index contributed by atoms with van der Waals surface area (Å²) in [5.41, 5.74) is -0.413. The number of nitrogens with one attached hydrogen (secondary N) is 1. The first-order valence-corrected chi connectivity index (χ1v) is 10.6. The minimum atomic E-state index is -0.266. The number of rotatable bonds is 3. The minimum Gasteiger partial charge on any atom is -0.351 e. The predicted octanol–water partition coefficient (Wildman–Crippen LogP) is 1.60. The van der Waals surface area contributed by atoms with E-state index in [1.54, 1.807) is 19.3 Å². The topological polar surface area (TPSA) is 78.4 Å². The van der Waals surface area contributed by atoms with Gasteiger partial charge in [0.25, 0.3) is 0 Å². The van der Waals surface area contributed by atoms with Gasteiger partial charge in [0.1, 0.15) is 0 Å². The van der Waals surface area contributed by atoms with Crippen molar-refractivity contribution in [2.45, 2.75) is 51.0 Å². The molecular formula is C21H29N5O2. The quantitative estimate of drug-likeness (QED) is 0.858. The van der Waals surface area contributed by atoms with Crippen molar-refractivity contribution in [3.63, 3.8) is 0 Å². The van der Waals surface area contributed by atoms with Gasteiger partial charge in [-0.25, -0.2) is 9.97 Å².